The number of amides is 1. The molecule has 1 amide bonds. The molecule has 0 bridgehead atoms. The van der Waals surface area contributed by atoms with Gasteiger partial charge in [-0.25, -0.2) is 0 Å². The van der Waals surface area contributed by atoms with Crippen LogP contribution in [0, 0.1) is 0 Å². The highest BCUT2D eigenvalue weighted by atomic mass is 19.4. The Bertz CT molecular complexity index is 485. The summed E-state index contributed by atoms with van der Waals surface area (Å²) in [4.78, 5) is 10.9. The van der Waals surface area contributed by atoms with Gasteiger partial charge in [0.1, 0.15) is 5.75 Å². The fraction of sp³-hybridized carbons (Fsp3) is 0.462. The molecule has 1 atom stereocenters. The van der Waals surface area contributed by atoms with Gasteiger partial charge in [-0.2, -0.15) is 13.2 Å². The van der Waals surface area contributed by atoms with E-state index in [2.05, 4.69) is 0 Å². The van der Waals surface area contributed by atoms with E-state index in [0.717, 1.165) is 11.1 Å². The van der Waals surface area contributed by atoms with Crippen molar-refractivity contribution in [1.82, 2.24) is 5.32 Å². The molecule has 2 rings (SSSR count). The van der Waals surface area contributed by atoms with E-state index in [0.29, 0.717) is 25.0 Å². The van der Waals surface area contributed by atoms with E-state index in [1.807, 2.05) is 17.4 Å². The van der Waals surface area contributed by atoms with Crippen LogP contribution in [-0.4, -0.2) is 25.2 Å². The van der Waals surface area contributed by atoms with Crippen LogP contribution in [0.5, 0.6) is 5.75 Å². The third-order valence-electron chi connectivity index (χ3n) is 3.23. The van der Waals surface area contributed by atoms with Gasteiger partial charge in [-0.3, -0.25) is 4.79 Å². The third kappa shape index (κ3) is 3.19. The summed E-state index contributed by atoms with van der Waals surface area (Å²) < 4.78 is 41.6. The lowest BCUT2D eigenvalue weighted by molar-refractivity contribution is -0.174. The minimum Gasteiger partial charge on any atom is -0.497 e. The Morgan fingerprint density at radius 3 is 2.74 bits per heavy atom. The van der Waals surface area contributed by atoms with E-state index in [4.69, 9.17) is 4.74 Å². The van der Waals surface area contributed by atoms with Crippen LogP contribution in [0.15, 0.2) is 18.2 Å². The number of hydrogen-bond donors (Lipinski definition) is 1. The highest BCUT2D eigenvalue weighted by Gasteiger charge is 2.40. The zero-order valence-electron chi connectivity index (χ0n) is 10.4. The Labute approximate surface area is 108 Å². The standard InChI is InChI=1S/C13H14F3NO2/c1-19-11-5-3-8-2-4-10(6-9(8)7-11)17-12(18)13(14,15)16/h3,5,7,10H,2,4,6H2,1H3,(H,17,18)/t10-/m0/s1. The summed E-state index contributed by atoms with van der Waals surface area (Å²) in [6.07, 6.45) is -3.26. The molecule has 0 saturated carbocycles. The Morgan fingerprint density at radius 2 is 2.11 bits per heavy atom. The van der Waals surface area contributed by atoms with Gasteiger partial charge in [0.05, 0.1) is 7.11 Å². The van der Waals surface area contributed by atoms with Crippen molar-refractivity contribution >= 4 is 5.91 Å². The van der Waals surface area contributed by atoms with E-state index in [1.54, 1.807) is 6.07 Å². The summed E-state index contributed by atoms with van der Waals surface area (Å²) >= 11 is 0. The van der Waals surface area contributed by atoms with Gasteiger partial charge in [-0.15, -0.1) is 0 Å². The first-order chi connectivity index (χ1) is 8.90. The zero-order valence-corrected chi connectivity index (χ0v) is 10.4. The topological polar surface area (TPSA) is 38.3 Å². The van der Waals surface area contributed by atoms with Crippen LogP contribution in [0.2, 0.25) is 0 Å². The average Bonchev–Trinajstić information content (AvgIpc) is 2.36. The van der Waals surface area contributed by atoms with Crippen molar-refractivity contribution < 1.29 is 22.7 Å². The van der Waals surface area contributed by atoms with Crippen molar-refractivity contribution in [2.45, 2.75) is 31.5 Å². The summed E-state index contributed by atoms with van der Waals surface area (Å²) in [5.74, 6) is -1.20. The van der Waals surface area contributed by atoms with Crippen molar-refractivity contribution in [3.05, 3.63) is 29.3 Å². The van der Waals surface area contributed by atoms with Crippen LogP contribution < -0.4 is 10.1 Å². The van der Waals surface area contributed by atoms with Gasteiger partial charge in [0.2, 0.25) is 0 Å². The number of fused-ring (bicyclic) bond motifs is 1. The number of nitrogens with one attached hydrogen (secondary N) is 1. The van der Waals surface area contributed by atoms with E-state index < -0.39 is 18.1 Å². The molecule has 1 N–H and O–H groups in total. The summed E-state index contributed by atoms with van der Waals surface area (Å²) in [5.41, 5.74) is 2.02. The molecule has 1 aliphatic carbocycles. The minimum absolute atomic E-state index is 0.397. The maximum Gasteiger partial charge on any atom is 0.471 e. The normalized spacial score (nSPS) is 18.6. The molecule has 0 aromatic heterocycles. The Kier molecular flexibility index (Phi) is 3.68. The molecule has 0 aliphatic heterocycles. The summed E-state index contributed by atoms with van der Waals surface area (Å²) in [6.45, 7) is 0. The monoisotopic (exact) mass is 273 g/mol. The van der Waals surface area contributed by atoms with Crippen LogP contribution in [-0.2, 0) is 17.6 Å². The molecule has 0 unspecified atom stereocenters. The number of rotatable bonds is 2. The molecule has 0 radical (unpaired) electrons. The highest BCUT2D eigenvalue weighted by molar-refractivity contribution is 5.82. The number of methoxy groups -OCH3 is 1. The first-order valence-electron chi connectivity index (χ1n) is 5.93. The van der Waals surface area contributed by atoms with Crippen molar-refractivity contribution in [1.29, 1.82) is 0 Å². The van der Waals surface area contributed by atoms with Crippen LogP contribution in [0.25, 0.3) is 0 Å². The maximum absolute atomic E-state index is 12.2. The third-order valence-corrected chi connectivity index (χ3v) is 3.23. The first-order valence-corrected chi connectivity index (χ1v) is 5.93. The fourth-order valence-electron chi connectivity index (χ4n) is 2.25. The lowest BCUT2D eigenvalue weighted by Crippen LogP contribution is -2.45. The molecule has 104 valence electrons. The molecule has 0 spiro atoms. The van der Waals surface area contributed by atoms with E-state index in [9.17, 15) is 18.0 Å². The molecule has 1 aromatic rings. The number of ether oxygens (including phenoxy) is 1. The smallest absolute Gasteiger partial charge is 0.471 e. The van der Waals surface area contributed by atoms with Crippen LogP contribution in [0.4, 0.5) is 13.2 Å². The van der Waals surface area contributed by atoms with Gasteiger partial charge >= 0.3 is 12.1 Å². The summed E-state index contributed by atoms with van der Waals surface area (Å²) in [5, 5.41) is 2.03. The predicted molar refractivity (Wildman–Crippen MR) is 63.0 cm³/mol. The van der Waals surface area contributed by atoms with Crippen molar-refractivity contribution in [3.63, 3.8) is 0 Å². The zero-order chi connectivity index (χ0) is 14.0. The number of carbonyl (C=O) groups is 1. The molecule has 6 heteroatoms. The van der Waals surface area contributed by atoms with Crippen molar-refractivity contribution in [2.24, 2.45) is 0 Å². The van der Waals surface area contributed by atoms with Crippen LogP contribution in [0.3, 0.4) is 0 Å². The Balaban J connectivity index is 2.07. The van der Waals surface area contributed by atoms with Gasteiger partial charge in [-0.05, 0) is 42.5 Å². The lowest BCUT2D eigenvalue weighted by atomic mass is 9.88. The molecule has 19 heavy (non-hydrogen) atoms. The minimum atomic E-state index is -4.82. The number of halogens is 3. The Hall–Kier alpha value is -1.72. The molecular formula is C13H14F3NO2. The van der Waals surface area contributed by atoms with E-state index in [1.165, 1.54) is 7.11 Å². The van der Waals surface area contributed by atoms with Crippen LogP contribution >= 0.6 is 0 Å². The number of benzene rings is 1. The van der Waals surface area contributed by atoms with Crippen molar-refractivity contribution in [2.75, 3.05) is 7.11 Å². The quantitative estimate of drug-likeness (QED) is 0.897. The second kappa shape index (κ2) is 5.11. The summed E-state index contributed by atoms with van der Waals surface area (Å²) in [6, 6.07) is 5.07. The number of hydrogen-bond acceptors (Lipinski definition) is 2. The molecule has 3 nitrogen and oxygen atoms in total. The largest absolute Gasteiger partial charge is 0.497 e. The molecule has 0 saturated heterocycles. The number of carbonyl (C=O) groups excluding carboxylic acids is 1. The molecule has 0 heterocycles. The first kappa shape index (κ1) is 13.7. The lowest BCUT2D eigenvalue weighted by Gasteiger charge is -2.26. The maximum atomic E-state index is 12.2. The molecule has 1 aliphatic rings. The SMILES string of the molecule is COc1ccc2c(c1)C[C@@H](NC(=O)C(F)(F)F)CC2. The van der Waals surface area contributed by atoms with Gasteiger partial charge < -0.3 is 10.1 Å². The molecule has 1 aromatic carbocycles. The second-order valence-corrected chi connectivity index (χ2v) is 4.55. The van der Waals surface area contributed by atoms with Gasteiger partial charge in [0.25, 0.3) is 0 Å². The van der Waals surface area contributed by atoms with Crippen LogP contribution in [0.1, 0.15) is 17.5 Å². The average molecular weight is 273 g/mol. The van der Waals surface area contributed by atoms with E-state index >= 15 is 0 Å². The number of alkyl halides is 3. The Morgan fingerprint density at radius 1 is 1.37 bits per heavy atom. The summed E-state index contributed by atoms with van der Waals surface area (Å²) in [7, 11) is 1.54. The fourth-order valence-corrected chi connectivity index (χ4v) is 2.25. The van der Waals surface area contributed by atoms with Gasteiger partial charge in [0, 0.05) is 6.04 Å². The van der Waals surface area contributed by atoms with Crippen molar-refractivity contribution in [3.8, 4) is 5.75 Å². The predicted octanol–water partition coefficient (Wildman–Crippen LogP) is 2.23. The number of aryl methyl sites for hydroxylation is 1. The van der Waals surface area contributed by atoms with E-state index in [-0.39, 0.29) is 0 Å². The van der Waals surface area contributed by atoms with Gasteiger partial charge in [-0.1, -0.05) is 6.07 Å². The molecular weight excluding hydrogens is 259 g/mol. The van der Waals surface area contributed by atoms with Gasteiger partial charge in [0.15, 0.2) is 0 Å². The highest BCUT2D eigenvalue weighted by Crippen LogP contribution is 2.26. The molecule has 0 fully saturated rings. The second-order valence-electron chi connectivity index (χ2n) is 4.55.